The quantitative estimate of drug-likeness (QED) is 0.846. The van der Waals surface area contributed by atoms with Crippen LogP contribution in [0.1, 0.15) is 18.1 Å². The predicted molar refractivity (Wildman–Crippen MR) is 67.3 cm³/mol. The SMILES string of the molecule is CC(C#N)(Cc1ccncc1)c1cccc(F)c1F. The van der Waals surface area contributed by atoms with Crippen molar-refractivity contribution in [1.29, 1.82) is 5.26 Å². The van der Waals surface area contributed by atoms with Gasteiger partial charge in [-0.2, -0.15) is 5.26 Å². The normalized spacial score (nSPS) is 13.6. The third-order valence-corrected chi connectivity index (χ3v) is 3.10. The first-order valence-electron chi connectivity index (χ1n) is 5.81. The lowest BCUT2D eigenvalue weighted by Crippen LogP contribution is -2.24. The zero-order valence-electron chi connectivity index (χ0n) is 10.4. The molecule has 1 unspecified atom stereocenters. The van der Waals surface area contributed by atoms with Crippen LogP contribution in [0.25, 0.3) is 0 Å². The van der Waals surface area contributed by atoms with Crippen LogP contribution in [-0.4, -0.2) is 4.98 Å². The predicted octanol–water partition coefficient (Wildman–Crippen LogP) is 3.38. The zero-order chi connectivity index (χ0) is 13.9. The van der Waals surface area contributed by atoms with E-state index in [-0.39, 0.29) is 5.56 Å². The lowest BCUT2D eigenvalue weighted by Gasteiger charge is -2.22. The van der Waals surface area contributed by atoms with E-state index < -0.39 is 17.0 Å². The van der Waals surface area contributed by atoms with Crippen molar-refractivity contribution < 1.29 is 8.78 Å². The highest BCUT2D eigenvalue weighted by atomic mass is 19.2. The Morgan fingerprint density at radius 3 is 2.53 bits per heavy atom. The monoisotopic (exact) mass is 258 g/mol. The summed E-state index contributed by atoms with van der Waals surface area (Å²) >= 11 is 0. The molecule has 0 aliphatic heterocycles. The summed E-state index contributed by atoms with van der Waals surface area (Å²) in [4.78, 5) is 3.89. The number of rotatable bonds is 3. The van der Waals surface area contributed by atoms with Gasteiger partial charge in [0.15, 0.2) is 11.6 Å². The maximum atomic E-state index is 13.8. The summed E-state index contributed by atoms with van der Waals surface area (Å²) in [5.74, 6) is -1.89. The van der Waals surface area contributed by atoms with Crippen LogP contribution in [0, 0.1) is 23.0 Å². The summed E-state index contributed by atoms with van der Waals surface area (Å²) in [7, 11) is 0. The van der Waals surface area contributed by atoms with Gasteiger partial charge >= 0.3 is 0 Å². The number of nitrogens with zero attached hydrogens (tertiary/aromatic N) is 2. The highest BCUT2D eigenvalue weighted by molar-refractivity contribution is 5.36. The van der Waals surface area contributed by atoms with Crippen LogP contribution in [0.3, 0.4) is 0 Å². The molecule has 0 bridgehead atoms. The van der Waals surface area contributed by atoms with E-state index in [1.807, 2.05) is 0 Å². The Morgan fingerprint density at radius 2 is 1.89 bits per heavy atom. The van der Waals surface area contributed by atoms with Gasteiger partial charge in [0.25, 0.3) is 0 Å². The molecule has 0 N–H and O–H groups in total. The molecular formula is C15H12F2N2. The number of aromatic nitrogens is 1. The fourth-order valence-electron chi connectivity index (χ4n) is 2.03. The van der Waals surface area contributed by atoms with Crippen molar-refractivity contribution >= 4 is 0 Å². The second-order valence-corrected chi connectivity index (χ2v) is 4.58. The topological polar surface area (TPSA) is 36.7 Å². The molecule has 2 nitrogen and oxygen atoms in total. The fraction of sp³-hybridized carbons (Fsp3) is 0.200. The molecule has 2 rings (SSSR count). The molecule has 0 saturated carbocycles. The Kier molecular flexibility index (Phi) is 3.57. The number of benzene rings is 1. The van der Waals surface area contributed by atoms with Gasteiger partial charge in [-0.3, -0.25) is 4.98 Å². The number of hydrogen-bond donors (Lipinski definition) is 0. The fourth-order valence-corrected chi connectivity index (χ4v) is 2.03. The van der Waals surface area contributed by atoms with E-state index in [1.54, 1.807) is 31.5 Å². The minimum atomic E-state index is -1.12. The lowest BCUT2D eigenvalue weighted by molar-refractivity contribution is 0.471. The molecule has 0 saturated heterocycles. The molecule has 0 amide bonds. The van der Waals surface area contributed by atoms with Crippen LogP contribution in [0.2, 0.25) is 0 Å². The van der Waals surface area contributed by atoms with Gasteiger partial charge in [-0.05, 0) is 37.1 Å². The molecule has 0 radical (unpaired) electrons. The second kappa shape index (κ2) is 5.15. The smallest absolute Gasteiger partial charge is 0.163 e. The number of nitriles is 1. The van der Waals surface area contributed by atoms with E-state index in [0.717, 1.165) is 11.6 Å². The largest absolute Gasteiger partial charge is 0.265 e. The van der Waals surface area contributed by atoms with Crippen LogP contribution < -0.4 is 0 Å². The molecule has 19 heavy (non-hydrogen) atoms. The van der Waals surface area contributed by atoms with Crippen LogP contribution in [-0.2, 0) is 11.8 Å². The highest BCUT2D eigenvalue weighted by Crippen LogP contribution is 2.30. The minimum Gasteiger partial charge on any atom is -0.265 e. The standard InChI is InChI=1S/C15H12F2N2/c1-15(10-18,9-11-5-7-19-8-6-11)12-3-2-4-13(16)14(12)17/h2-8H,9H2,1H3. The average Bonchev–Trinajstić information content (AvgIpc) is 2.43. The summed E-state index contributed by atoms with van der Waals surface area (Å²) in [6, 6.07) is 9.50. The van der Waals surface area contributed by atoms with Crippen molar-refractivity contribution in [3.8, 4) is 6.07 Å². The molecule has 2 aromatic rings. The third-order valence-electron chi connectivity index (χ3n) is 3.10. The maximum Gasteiger partial charge on any atom is 0.163 e. The van der Waals surface area contributed by atoms with Gasteiger partial charge in [0, 0.05) is 18.0 Å². The van der Waals surface area contributed by atoms with Gasteiger partial charge in [-0.25, -0.2) is 8.78 Å². The van der Waals surface area contributed by atoms with Crippen LogP contribution in [0.4, 0.5) is 8.78 Å². The van der Waals surface area contributed by atoms with Crippen molar-refractivity contribution in [3.63, 3.8) is 0 Å². The number of pyridine rings is 1. The molecule has 96 valence electrons. The van der Waals surface area contributed by atoms with E-state index in [1.165, 1.54) is 12.1 Å². The van der Waals surface area contributed by atoms with Crippen LogP contribution in [0.5, 0.6) is 0 Å². The van der Waals surface area contributed by atoms with Crippen molar-refractivity contribution in [1.82, 2.24) is 4.98 Å². The van der Waals surface area contributed by atoms with Crippen molar-refractivity contribution in [2.24, 2.45) is 0 Å². The molecule has 1 aromatic carbocycles. The van der Waals surface area contributed by atoms with Crippen molar-refractivity contribution in [2.75, 3.05) is 0 Å². The molecule has 0 fully saturated rings. The Balaban J connectivity index is 2.43. The van der Waals surface area contributed by atoms with Crippen LogP contribution in [0.15, 0.2) is 42.7 Å². The van der Waals surface area contributed by atoms with E-state index in [9.17, 15) is 14.0 Å². The Labute approximate surface area is 110 Å². The number of hydrogen-bond acceptors (Lipinski definition) is 2. The van der Waals surface area contributed by atoms with Gasteiger partial charge in [-0.1, -0.05) is 12.1 Å². The molecule has 1 heterocycles. The molecular weight excluding hydrogens is 246 g/mol. The first-order valence-corrected chi connectivity index (χ1v) is 5.81. The second-order valence-electron chi connectivity index (χ2n) is 4.58. The van der Waals surface area contributed by atoms with E-state index in [4.69, 9.17) is 0 Å². The van der Waals surface area contributed by atoms with E-state index in [2.05, 4.69) is 11.1 Å². The molecule has 1 aromatic heterocycles. The van der Waals surface area contributed by atoms with Gasteiger partial charge in [-0.15, -0.1) is 0 Å². The Bertz CT molecular complexity index is 620. The maximum absolute atomic E-state index is 13.8. The van der Waals surface area contributed by atoms with E-state index in [0.29, 0.717) is 6.42 Å². The van der Waals surface area contributed by atoms with Gasteiger partial charge in [0.2, 0.25) is 0 Å². The van der Waals surface area contributed by atoms with Crippen molar-refractivity contribution in [2.45, 2.75) is 18.8 Å². The first-order chi connectivity index (χ1) is 9.07. The zero-order valence-corrected chi connectivity index (χ0v) is 10.4. The van der Waals surface area contributed by atoms with Gasteiger partial charge < -0.3 is 0 Å². The van der Waals surface area contributed by atoms with Crippen molar-refractivity contribution in [3.05, 3.63) is 65.5 Å². The minimum absolute atomic E-state index is 0.0758. The average molecular weight is 258 g/mol. The van der Waals surface area contributed by atoms with Gasteiger partial charge in [0.1, 0.15) is 0 Å². The lowest BCUT2D eigenvalue weighted by atomic mass is 9.78. The number of halogens is 2. The van der Waals surface area contributed by atoms with Gasteiger partial charge in [0.05, 0.1) is 11.5 Å². The Hall–Kier alpha value is -2.28. The summed E-state index contributed by atoms with van der Waals surface area (Å²) in [6.45, 7) is 1.60. The highest BCUT2D eigenvalue weighted by Gasteiger charge is 2.31. The summed E-state index contributed by atoms with van der Waals surface area (Å²) in [6.07, 6.45) is 3.51. The molecule has 0 aliphatic carbocycles. The van der Waals surface area contributed by atoms with E-state index >= 15 is 0 Å². The van der Waals surface area contributed by atoms with Crippen LogP contribution >= 0.6 is 0 Å². The first kappa shape index (κ1) is 13.2. The summed E-state index contributed by atoms with van der Waals surface area (Å²) in [5, 5.41) is 9.36. The summed E-state index contributed by atoms with van der Waals surface area (Å²) < 4.78 is 27.1. The molecule has 4 heteroatoms. The Morgan fingerprint density at radius 1 is 1.21 bits per heavy atom. The molecule has 0 aliphatic rings. The third kappa shape index (κ3) is 2.60. The summed E-state index contributed by atoms with van der Waals surface area (Å²) in [5.41, 5.74) is -0.192. The molecule has 0 spiro atoms. The molecule has 1 atom stereocenters.